The zero-order valence-electron chi connectivity index (χ0n) is 14.7. The second kappa shape index (κ2) is 6.64. The lowest BCUT2D eigenvalue weighted by Gasteiger charge is -2.36. The summed E-state index contributed by atoms with van der Waals surface area (Å²) in [4.78, 5) is 16.0. The van der Waals surface area contributed by atoms with E-state index in [2.05, 4.69) is 5.16 Å². The summed E-state index contributed by atoms with van der Waals surface area (Å²) >= 11 is 0. The highest BCUT2D eigenvalue weighted by Gasteiger charge is 2.42. The van der Waals surface area contributed by atoms with Gasteiger partial charge < -0.3 is 14.5 Å². The molecule has 1 N–H and O–H groups in total. The van der Waals surface area contributed by atoms with Gasteiger partial charge in [-0.1, -0.05) is 5.16 Å². The summed E-state index contributed by atoms with van der Waals surface area (Å²) in [6.45, 7) is 5.17. The van der Waals surface area contributed by atoms with Gasteiger partial charge in [0, 0.05) is 44.6 Å². The third-order valence-electron chi connectivity index (χ3n) is 5.30. The molecule has 8 heteroatoms. The summed E-state index contributed by atoms with van der Waals surface area (Å²) < 4.78 is 31.6. The molecule has 25 heavy (non-hydrogen) atoms. The first-order valence-corrected chi connectivity index (χ1v) is 8.70. The summed E-state index contributed by atoms with van der Waals surface area (Å²) in [6.07, 6.45) is 0.329. The van der Waals surface area contributed by atoms with Crippen LogP contribution in [0.25, 0.3) is 0 Å². The van der Waals surface area contributed by atoms with Crippen LogP contribution in [-0.4, -0.2) is 70.2 Å². The largest absolute Gasteiger partial charge is 0.387 e. The van der Waals surface area contributed by atoms with Crippen molar-refractivity contribution in [3.05, 3.63) is 17.0 Å². The van der Waals surface area contributed by atoms with Gasteiger partial charge in [-0.15, -0.1) is 0 Å². The molecule has 1 aromatic rings. The molecular weight excluding hydrogens is 332 g/mol. The standard InChI is InChI=1S/C17H25F2N3O3/c1-12-14(13(2)25-20-12)9-15(23)22-8-3-16(24,11-22)10-21-6-4-17(18,19)5-7-21/h24H,3-11H2,1-2H3. The van der Waals surface area contributed by atoms with Gasteiger partial charge in [0.2, 0.25) is 5.91 Å². The number of hydrogen-bond donors (Lipinski definition) is 1. The molecule has 0 aromatic carbocycles. The summed E-state index contributed by atoms with van der Waals surface area (Å²) in [7, 11) is 0. The number of amides is 1. The number of β-amino-alcohol motifs (C(OH)–C–C–N with tert-alkyl or cyclic N) is 1. The average molecular weight is 357 g/mol. The first-order chi connectivity index (χ1) is 11.7. The molecule has 2 aliphatic heterocycles. The van der Waals surface area contributed by atoms with Crippen LogP contribution < -0.4 is 0 Å². The molecule has 2 aliphatic rings. The smallest absolute Gasteiger partial charge is 0.250 e. The number of carbonyl (C=O) groups is 1. The van der Waals surface area contributed by atoms with Crippen LogP contribution >= 0.6 is 0 Å². The highest BCUT2D eigenvalue weighted by atomic mass is 19.3. The quantitative estimate of drug-likeness (QED) is 0.885. The maximum Gasteiger partial charge on any atom is 0.250 e. The molecule has 0 radical (unpaired) electrons. The fraction of sp³-hybridized carbons (Fsp3) is 0.765. The second-order valence-corrected chi connectivity index (χ2v) is 7.40. The van der Waals surface area contributed by atoms with Crippen molar-refractivity contribution in [1.29, 1.82) is 0 Å². The minimum absolute atomic E-state index is 0.0736. The van der Waals surface area contributed by atoms with E-state index in [1.807, 2.05) is 4.90 Å². The van der Waals surface area contributed by atoms with Gasteiger partial charge in [0.05, 0.1) is 24.3 Å². The normalized spacial score (nSPS) is 27.0. The van der Waals surface area contributed by atoms with Crippen LogP contribution in [0.2, 0.25) is 0 Å². The van der Waals surface area contributed by atoms with Crippen LogP contribution in [0.4, 0.5) is 8.78 Å². The van der Waals surface area contributed by atoms with E-state index in [4.69, 9.17) is 4.52 Å². The molecule has 0 bridgehead atoms. The van der Waals surface area contributed by atoms with Gasteiger partial charge in [0.1, 0.15) is 5.76 Å². The predicted molar refractivity (Wildman–Crippen MR) is 86.4 cm³/mol. The lowest BCUT2D eigenvalue weighted by Crippen LogP contribution is -2.49. The molecule has 1 aromatic heterocycles. The van der Waals surface area contributed by atoms with Crippen molar-refractivity contribution in [2.45, 2.75) is 51.1 Å². The number of likely N-dealkylation sites (tertiary alicyclic amines) is 2. The van der Waals surface area contributed by atoms with E-state index in [-0.39, 0.29) is 44.8 Å². The molecule has 3 heterocycles. The van der Waals surface area contributed by atoms with E-state index in [1.165, 1.54) is 0 Å². The van der Waals surface area contributed by atoms with Crippen molar-refractivity contribution in [3.63, 3.8) is 0 Å². The van der Waals surface area contributed by atoms with Crippen molar-refractivity contribution in [2.24, 2.45) is 0 Å². The van der Waals surface area contributed by atoms with E-state index < -0.39 is 11.5 Å². The Morgan fingerprint density at radius 1 is 1.24 bits per heavy atom. The molecule has 0 spiro atoms. The van der Waals surface area contributed by atoms with E-state index in [0.29, 0.717) is 31.0 Å². The molecule has 6 nitrogen and oxygen atoms in total. The molecule has 1 amide bonds. The zero-order valence-corrected chi connectivity index (χ0v) is 14.7. The Hall–Kier alpha value is -1.54. The van der Waals surface area contributed by atoms with Crippen LogP contribution in [0.1, 0.15) is 36.3 Å². The first-order valence-electron chi connectivity index (χ1n) is 8.70. The predicted octanol–water partition coefficient (Wildman–Crippen LogP) is 1.53. The van der Waals surface area contributed by atoms with E-state index in [1.54, 1.807) is 18.7 Å². The van der Waals surface area contributed by atoms with Gasteiger partial charge >= 0.3 is 0 Å². The summed E-state index contributed by atoms with van der Waals surface area (Å²) in [5.41, 5.74) is 0.467. The molecule has 140 valence electrons. The Labute approximate surface area is 145 Å². The Bertz CT molecular complexity index is 620. The summed E-state index contributed by atoms with van der Waals surface area (Å²) in [5.74, 6) is -2.03. The van der Waals surface area contributed by atoms with Crippen molar-refractivity contribution >= 4 is 5.91 Å². The van der Waals surface area contributed by atoms with Gasteiger partial charge in [0.15, 0.2) is 0 Å². The zero-order chi connectivity index (χ0) is 18.2. The molecule has 0 saturated carbocycles. The average Bonchev–Trinajstić information content (AvgIpc) is 3.07. The molecule has 1 atom stereocenters. The number of aryl methyl sites for hydroxylation is 2. The van der Waals surface area contributed by atoms with Crippen molar-refractivity contribution < 1.29 is 23.2 Å². The molecule has 2 saturated heterocycles. The topological polar surface area (TPSA) is 69.8 Å². The number of aromatic nitrogens is 1. The number of rotatable bonds is 4. The number of carbonyl (C=O) groups excluding carboxylic acids is 1. The highest BCUT2D eigenvalue weighted by Crippen LogP contribution is 2.30. The Morgan fingerprint density at radius 2 is 1.92 bits per heavy atom. The first kappa shape index (κ1) is 18.3. The van der Waals surface area contributed by atoms with Crippen LogP contribution in [-0.2, 0) is 11.2 Å². The number of halogens is 2. The fourth-order valence-corrected chi connectivity index (χ4v) is 3.67. The van der Waals surface area contributed by atoms with Gasteiger partial charge in [-0.3, -0.25) is 9.69 Å². The maximum absolute atomic E-state index is 13.2. The SMILES string of the molecule is Cc1noc(C)c1CC(=O)N1CCC(O)(CN2CCC(F)(F)CC2)C1. The molecular formula is C17H25F2N3O3. The minimum Gasteiger partial charge on any atom is -0.387 e. The number of alkyl halides is 2. The van der Waals surface area contributed by atoms with Gasteiger partial charge in [-0.05, 0) is 20.3 Å². The third kappa shape index (κ3) is 4.17. The maximum atomic E-state index is 13.2. The van der Waals surface area contributed by atoms with Gasteiger partial charge in [0.25, 0.3) is 5.92 Å². The summed E-state index contributed by atoms with van der Waals surface area (Å²) in [5, 5.41) is 14.6. The number of piperidine rings is 1. The number of hydrogen-bond acceptors (Lipinski definition) is 5. The Kier molecular flexibility index (Phi) is 4.85. The van der Waals surface area contributed by atoms with E-state index in [0.717, 1.165) is 5.56 Å². The van der Waals surface area contributed by atoms with Crippen molar-refractivity contribution in [2.75, 3.05) is 32.7 Å². The number of nitrogens with zero attached hydrogens (tertiary/aromatic N) is 3. The second-order valence-electron chi connectivity index (χ2n) is 7.40. The fourth-order valence-electron chi connectivity index (χ4n) is 3.67. The Morgan fingerprint density at radius 3 is 2.52 bits per heavy atom. The molecule has 0 aliphatic carbocycles. The van der Waals surface area contributed by atoms with Crippen molar-refractivity contribution in [1.82, 2.24) is 15.0 Å². The van der Waals surface area contributed by atoms with Crippen LogP contribution in [0, 0.1) is 13.8 Å². The highest BCUT2D eigenvalue weighted by molar-refractivity contribution is 5.79. The van der Waals surface area contributed by atoms with Crippen LogP contribution in [0.15, 0.2) is 4.52 Å². The Balaban J connectivity index is 1.54. The molecule has 3 rings (SSSR count). The van der Waals surface area contributed by atoms with Crippen molar-refractivity contribution in [3.8, 4) is 0 Å². The van der Waals surface area contributed by atoms with Crippen LogP contribution in [0.3, 0.4) is 0 Å². The molecule has 1 unspecified atom stereocenters. The van der Waals surface area contributed by atoms with E-state index in [9.17, 15) is 18.7 Å². The van der Waals surface area contributed by atoms with Gasteiger partial charge in [-0.2, -0.15) is 0 Å². The van der Waals surface area contributed by atoms with Crippen LogP contribution in [0.5, 0.6) is 0 Å². The number of aliphatic hydroxyl groups is 1. The lowest BCUT2D eigenvalue weighted by atomic mass is 10.00. The molecule has 2 fully saturated rings. The van der Waals surface area contributed by atoms with E-state index >= 15 is 0 Å². The minimum atomic E-state index is -2.59. The summed E-state index contributed by atoms with van der Waals surface area (Å²) in [6, 6.07) is 0. The lowest BCUT2D eigenvalue weighted by molar-refractivity contribution is -0.130. The monoisotopic (exact) mass is 357 g/mol. The third-order valence-corrected chi connectivity index (χ3v) is 5.30. The van der Waals surface area contributed by atoms with Gasteiger partial charge in [-0.25, -0.2) is 8.78 Å².